The molecule has 0 aromatic rings. The second-order valence-corrected chi connectivity index (χ2v) is 2.02. The molecule has 0 bridgehead atoms. The molecule has 0 saturated heterocycles. The van der Waals surface area contributed by atoms with Crippen LogP contribution in [0.25, 0.3) is 0 Å². The maximum absolute atomic E-state index is 9.73. The van der Waals surface area contributed by atoms with Crippen molar-refractivity contribution >= 4 is 5.97 Å². The molecular weight excluding hydrogens is 127 g/mol. The van der Waals surface area contributed by atoms with Crippen LogP contribution in [0.2, 0.25) is 0 Å². The van der Waals surface area contributed by atoms with Gasteiger partial charge >= 0.3 is 29.6 Å². The predicted octanol–water partition coefficient (Wildman–Crippen LogP) is -3.29. The maximum atomic E-state index is 9.73. The molecule has 1 saturated carbocycles. The van der Waals surface area contributed by atoms with Gasteiger partial charge in [0.1, 0.15) is 0 Å². The molecule has 44 valence electrons. The van der Waals surface area contributed by atoms with E-state index in [1.54, 1.807) is 6.08 Å². The van der Waals surface area contributed by atoms with Crippen molar-refractivity contribution in [1.82, 2.24) is 0 Å². The molecular formula is C6H7NaO2. The third kappa shape index (κ3) is 4.70. The van der Waals surface area contributed by atoms with Crippen molar-refractivity contribution < 1.29 is 39.5 Å². The van der Waals surface area contributed by atoms with Crippen molar-refractivity contribution in [1.29, 1.82) is 0 Å². The predicted molar refractivity (Wildman–Crippen MR) is 26.9 cm³/mol. The molecule has 9 heavy (non-hydrogen) atoms. The third-order valence-corrected chi connectivity index (χ3v) is 1.13. The fraction of sp³-hybridized carbons (Fsp3) is 0.500. The summed E-state index contributed by atoms with van der Waals surface area (Å²) >= 11 is 0. The van der Waals surface area contributed by atoms with E-state index in [9.17, 15) is 9.90 Å². The molecule has 0 aromatic heterocycles. The number of carbonyl (C=O) groups excluding carboxylic acids is 1. The average Bonchev–Trinajstić information content (AvgIpc) is 2.41. The van der Waals surface area contributed by atoms with E-state index in [2.05, 4.69) is 0 Å². The molecule has 1 aliphatic carbocycles. The number of hydrogen-bond donors (Lipinski definition) is 0. The van der Waals surface area contributed by atoms with E-state index in [1.165, 1.54) is 0 Å². The molecule has 3 heteroatoms. The van der Waals surface area contributed by atoms with Crippen molar-refractivity contribution in [2.45, 2.75) is 12.8 Å². The number of carboxylic acid groups (broad SMARTS) is 1. The van der Waals surface area contributed by atoms with E-state index in [0.29, 0.717) is 5.92 Å². The Morgan fingerprint density at radius 1 is 1.56 bits per heavy atom. The van der Waals surface area contributed by atoms with Crippen molar-refractivity contribution in [3.63, 3.8) is 0 Å². The number of allylic oxidation sites excluding steroid dienone is 1. The maximum Gasteiger partial charge on any atom is 1.00 e. The monoisotopic (exact) mass is 134 g/mol. The molecule has 0 heterocycles. The molecule has 0 amide bonds. The van der Waals surface area contributed by atoms with Gasteiger partial charge in [-0.15, -0.1) is 0 Å². The Morgan fingerprint density at radius 2 is 2.11 bits per heavy atom. The molecule has 1 fully saturated rings. The van der Waals surface area contributed by atoms with Gasteiger partial charge < -0.3 is 9.90 Å². The third-order valence-electron chi connectivity index (χ3n) is 1.13. The Balaban J connectivity index is 0.000000640. The minimum atomic E-state index is -1.09. The fourth-order valence-electron chi connectivity index (χ4n) is 0.503. The summed E-state index contributed by atoms with van der Waals surface area (Å²) in [6.07, 6.45) is 5.08. The Kier molecular flexibility index (Phi) is 4.19. The summed E-state index contributed by atoms with van der Waals surface area (Å²) in [5, 5.41) is 9.73. The summed E-state index contributed by atoms with van der Waals surface area (Å²) in [4.78, 5) is 9.73. The largest absolute Gasteiger partial charge is 1.00 e. The van der Waals surface area contributed by atoms with Crippen LogP contribution < -0.4 is 34.7 Å². The first-order valence-corrected chi connectivity index (χ1v) is 2.68. The summed E-state index contributed by atoms with van der Waals surface area (Å²) in [7, 11) is 0. The zero-order valence-electron chi connectivity index (χ0n) is 5.46. The Labute approximate surface area is 76.2 Å². The summed E-state index contributed by atoms with van der Waals surface area (Å²) in [6.45, 7) is 0. The SMILES string of the molecule is O=C([O-])/C=C/C1CC1.[Na+]. The smallest absolute Gasteiger partial charge is 0.545 e. The quantitative estimate of drug-likeness (QED) is 0.293. The van der Waals surface area contributed by atoms with Crippen LogP contribution in [0.1, 0.15) is 12.8 Å². The molecule has 0 atom stereocenters. The molecule has 1 rings (SSSR count). The van der Waals surface area contributed by atoms with Gasteiger partial charge in [0.25, 0.3) is 0 Å². The Hall–Kier alpha value is 0.210. The topological polar surface area (TPSA) is 40.1 Å². The van der Waals surface area contributed by atoms with Crippen LogP contribution in [-0.2, 0) is 4.79 Å². The second kappa shape index (κ2) is 4.09. The number of aliphatic carboxylic acids is 1. The van der Waals surface area contributed by atoms with Crippen LogP contribution in [-0.4, -0.2) is 5.97 Å². The summed E-state index contributed by atoms with van der Waals surface area (Å²) in [5.41, 5.74) is 0. The number of rotatable bonds is 2. The Bertz CT molecular complexity index is 127. The van der Waals surface area contributed by atoms with Gasteiger partial charge in [0, 0.05) is 0 Å². The molecule has 1 aliphatic rings. The average molecular weight is 134 g/mol. The van der Waals surface area contributed by atoms with Crippen LogP contribution in [0.3, 0.4) is 0 Å². The first-order chi connectivity index (χ1) is 3.79. The van der Waals surface area contributed by atoms with E-state index in [4.69, 9.17) is 0 Å². The summed E-state index contributed by atoms with van der Waals surface area (Å²) in [5.74, 6) is -0.551. The van der Waals surface area contributed by atoms with E-state index in [-0.39, 0.29) is 29.6 Å². The van der Waals surface area contributed by atoms with Crippen LogP contribution >= 0.6 is 0 Å². The number of hydrogen-bond acceptors (Lipinski definition) is 2. The first-order valence-electron chi connectivity index (χ1n) is 2.68. The van der Waals surface area contributed by atoms with Gasteiger partial charge in [-0.25, -0.2) is 0 Å². The van der Waals surface area contributed by atoms with Crippen molar-refractivity contribution in [3.05, 3.63) is 12.2 Å². The fourth-order valence-corrected chi connectivity index (χ4v) is 0.503. The van der Waals surface area contributed by atoms with Crippen LogP contribution in [0, 0.1) is 5.92 Å². The van der Waals surface area contributed by atoms with E-state index >= 15 is 0 Å². The number of carboxylic acids is 1. The van der Waals surface area contributed by atoms with E-state index in [0.717, 1.165) is 18.9 Å². The number of carbonyl (C=O) groups is 1. The van der Waals surface area contributed by atoms with Gasteiger partial charge in [0.15, 0.2) is 0 Å². The molecule has 0 spiro atoms. The van der Waals surface area contributed by atoms with Gasteiger partial charge in [-0.1, -0.05) is 6.08 Å². The van der Waals surface area contributed by atoms with Crippen molar-refractivity contribution in [2.24, 2.45) is 5.92 Å². The molecule has 0 radical (unpaired) electrons. The molecule has 2 nitrogen and oxygen atoms in total. The zero-order valence-corrected chi connectivity index (χ0v) is 7.46. The van der Waals surface area contributed by atoms with Gasteiger partial charge in [-0.05, 0) is 24.8 Å². The normalized spacial score (nSPS) is 17.3. The van der Waals surface area contributed by atoms with Gasteiger partial charge in [-0.3, -0.25) is 0 Å². The van der Waals surface area contributed by atoms with Crippen molar-refractivity contribution in [3.8, 4) is 0 Å². The minimum Gasteiger partial charge on any atom is -0.545 e. The molecule has 0 N–H and O–H groups in total. The zero-order chi connectivity index (χ0) is 5.98. The van der Waals surface area contributed by atoms with Gasteiger partial charge in [-0.2, -0.15) is 0 Å². The van der Waals surface area contributed by atoms with E-state index < -0.39 is 5.97 Å². The summed E-state index contributed by atoms with van der Waals surface area (Å²) in [6, 6.07) is 0. The van der Waals surface area contributed by atoms with Gasteiger partial charge in [0.2, 0.25) is 0 Å². The minimum absolute atomic E-state index is 0. The Morgan fingerprint density at radius 3 is 2.44 bits per heavy atom. The van der Waals surface area contributed by atoms with Crippen LogP contribution in [0.15, 0.2) is 12.2 Å². The van der Waals surface area contributed by atoms with E-state index in [1.807, 2.05) is 0 Å². The molecule has 0 aliphatic heterocycles. The molecule has 0 aromatic carbocycles. The van der Waals surface area contributed by atoms with Gasteiger partial charge in [0.05, 0.1) is 5.97 Å². The van der Waals surface area contributed by atoms with Crippen LogP contribution in [0.5, 0.6) is 0 Å². The second-order valence-electron chi connectivity index (χ2n) is 2.02. The standard InChI is InChI=1S/C6H8O2.Na/c7-6(8)4-3-5-1-2-5;/h3-5H,1-2H2,(H,7,8);/q;+1/p-1/b4-3+;. The van der Waals surface area contributed by atoms with Crippen molar-refractivity contribution in [2.75, 3.05) is 0 Å². The summed E-state index contributed by atoms with van der Waals surface area (Å²) < 4.78 is 0. The van der Waals surface area contributed by atoms with Crippen LogP contribution in [0.4, 0.5) is 0 Å². The molecule has 0 unspecified atom stereocenters. The first kappa shape index (κ1) is 9.21.